The van der Waals surface area contributed by atoms with Gasteiger partial charge in [-0.15, -0.1) is 21.8 Å². The van der Waals surface area contributed by atoms with Gasteiger partial charge in [-0.05, 0) is 11.6 Å². The van der Waals surface area contributed by atoms with Gasteiger partial charge in [-0.3, -0.25) is 0 Å². The molecule has 21 heavy (non-hydrogen) atoms. The maximum Gasteiger partial charge on any atom is 0.249 e. The van der Waals surface area contributed by atoms with Gasteiger partial charge in [0, 0.05) is 6.07 Å². The zero-order valence-electron chi connectivity index (χ0n) is 11.1. The molecule has 0 saturated carbocycles. The summed E-state index contributed by atoms with van der Waals surface area (Å²) in [5.74, 6) is 1.07. The molecule has 3 rings (SSSR count). The molecule has 0 N–H and O–H groups in total. The minimum absolute atomic E-state index is 0.315. The number of benzene rings is 1. The summed E-state index contributed by atoms with van der Waals surface area (Å²) < 4.78 is 10.1. The fourth-order valence-electron chi connectivity index (χ4n) is 1.75. The molecule has 2 heterocycles. The van der Waals surface area contributed by atoms with Crippen LogP contribution in [0.5, 0.6) is 5.88 Å². The summed E-state index contributed by atoms with van der Waals surface area (Å²) in [4.78, 5) is 4.26. The van der Waals surface area contributed by atoms with Crippen LogP contribution < -0.4 is 4.74 Å². The monoisotopic (exact) mass is 302 g/mol. The molecule has 0 spiro atoms. The van der Waals surface area contributed by atoms with Crippen molar-refractivity contribution in [2.24, 2.45) is 0 Å². The summed E-state index contributed by atoms with van der Waals surface area (Å²) in [5.41, 5.74) is 1.37. The van der Waals surface area contributed by atoms with E-state index in [2.05, 4.69) is 20.3 Å². The van der Waals surface area contributed by atoms with Crippen LogP contribution in [0.4, 0.5) is 0 Å². The first-order valence-electron chi connectivity index (χ1n) is 6.18. The second-order valence-corrected chi connectivity index (χ2v) is 4.63. The molecular formula is C14H11ClN4O2. The van der Waals surface area contributed by atoms with Gasteiger partial charge in [-0.1, -0.05) is 35.5 Å². The molecule has 6 nitrogen and oxygen atoms in total. The maximum absolute atomic E-state index is 6.33. The van der Waals surface area contributed by atoms with Gasteiger partial charge >= 0.3 is 0 Å². The molecule has 0 bridgehead atoms. The normalized spacial score (nSPS) is 12.1. The number of ether oxygens (including phenoxy) is 1. The predicted octanol–water partition coefficient (Wildman–Crippen LogP) is 2.86. The third-order valence-electron chi connectivity index (χ3n) is 2.83. The summed E-state index contributed by atoms with van der Waals surface area (Å²) in [5, 5.41) is 11.2. The number of nitrogens with zero attached hydrogens (tertiary/aromatic N) is 4. The van der Waals surface area contributed by atoms with E-state index in [1.54, 1.807) is 12.1 Å². The van der Waals surface area contributed by atoms with Crippen LogP contribution >= 0.6 is 11.6 Å². The first-order chi connectivity index (χ1) is 10.3. The molecule has 3 aromatic rings. The zero-order valence-corrected chi connectivity index (χ0v) is 11.9. The Kier molecular flexibility index (Phi) is 3.79. The number of rotatable bonds is 4. The predicted molar refractivity (Wildman–Crippen MR) is 76.0 cm³/mol. The van der Waals surface area contributed by atoms with Crippen molar-refractivity contribution in [2.75, 3.05) is 7.11 Å². The highest BCUT2D eigenvalue weighted by atomic mass is 35.5. The lowest BCUT2D eigenvalue weighted by Crippen LogP contribution is -1.95. The van der Waals surface area contributed by atoms with Gasteiger partial charge in [-0.2, -0.15) is 4.98 Å². The van der Waals surface area contributed by atoms with Gasteiger partial charge in [0.25, 0.3) is 0 Å². The van der Waals surface area contributed by atoms with E-state index in [9.17, 15) is 0 Å². The van der Waals surface area contributed by atoms with Gasteiger partial charge in [0.1, 0.15) is 11.1 Å². The smallest absolute Gasteiger partial charge is 0.249 e. The minimum atomic E-state index is -0.501. The Morgan fingerprint density at radius 3 is 2.57 bits per heavy atom. The lowest BCUT2D eigenvalue weighted by Gasteiger charge is -2.03. The van der Waals surface area contributed by atoms with Crippen molar-refractivity contribution in [2.45, 2.75) is 5.38 Å². The molecule has 0 aliphatic rings. The first kappa shape index (κ1) is 13.5. The summed E-state index contributed by atoms with van der Waals surface area (Å²) in [6, 6.07) is 12.9. The molecule has 0 aliphatic heterocycles. The number of hydrogen-bond acceptors (Lipinski definition) is 6. The zero-order chi connectivity index (χ0) is 14.7. The van der Waals surface area contributed by atoms with Crippen molar-refractivity contribution >= 4 is 11.6 Å². The van der Waals surface area contributed by atoms with Crippen LogP contribution in [0.3, 0.4) is 0 Å². The maximum atomic E-state index is 6.33. The second-order valence-electron chi connectivity index (χ2n) is 4.19. The topological polar surface area (TPSA) is 73.9 Å². The second kappa shape index (κ2) is 5.88. The van der Waals surface area contributed by atoms with Gasteiger partial charge in [0.05, 0.1) is 7.11 Å². The summed E-state index contributed by atoms with van der Waals surface area (Å²) in [7, 11) is 1.52. The van der Waals surface area contributed by atoms with Gasteiger partial charge in [0.2, 0.25) is 17.6 Å². The van der Waals surface area contributed by atoms with Crippen LogP contribution in [-0.4, -0.2) is 27.4 Å². The largest absolute Gasteiger partial charge is 0.480 e. The van der Waals surface area contributed by atoms with Crippen LogP contribution in [-0.2, 0) is 0 Å². The van der Waals surface area contributed by atoms with E-state index >= 15 is 0 Å². The lowest BCUT2D eigenvalue weighted by atomic mass is 10.1. The molecule has 1 aromatic carbocycles. The van der Waals surface area contributed by atoms with Gasteiger partial charge in [0.15, 0.2) is 0 Å². The molecule has 0 radical (unpaired) electrons. The molecule has 0 fully saturated rings. The fourth-order valence-corrected chi connectivity index (χ4v) is 1.99. The van der Waals surface area contributed by atoms with E-state index in [0.29, 0.717) is 23.3 Å². The van der Waals surface area contributed by atoms with Crippen molar-refractivity contribution in [3.8, 4) is 17.4 Å². The number of alkyl halides is 1. The van der Waals surface area contributed by atoms with E-state index in [1.807, 2.05) is 30.3 Å². The van der Waals surface area contributed by atoms with Crippen molar-refractivity contribution < 1.29 is 9.26 Å². The molecule has 0 saturated heterocycles. The van der Waals surface area contributed by atoms with E-state index < -0.39 is 5.38 Å². The number of aromatic nitrogens is 4. The van der Waals surface area contributed by atoms with E-state index in [1.165, 1.54) is 7.11 Å². The Morgan fingerprint density at radius 2 is 1.90 bits per heavy atom. The minimum Gasteiger partial charge on any atom is -0.480 e. The van der Waals surface area contributed by atoms with Crippen LogP contribution in [0.2, 0.25) is 0 Å². The highest BCUT2D eigenvalue weighted by molar-refractivity contribution is 6.22. The highest BCUT2D eigenvalue weighted by Crippen LogP contribution is 2.28. The molecular weight excluding hydrogens is 292 g/mol. The number of methoxy groups -OCH3 is 1. The van der Waals surface area contributed by atoms with Crippen molar-refractivity contribution in [1.82, 2.24) is 20.3 Å². The van der Waals surface area contributed by atoms with Gasteiger partial charge < -0.3 is 9.26 Å². The quantitative estimate of drug-likeness (QED) is 0.690. The molecule has 1 atom stereocenters. The standard InChI is InChI=1S/C14H11ClN4O2/c1-20-11-8-7-10(17-18-11)13-16-14(21-19-13)12(15)9-5-3-2-4-6-9/h2-8,12H,1H3. The Hall–Kier alpha value is -2.47. The van der Waals surface area contributed by atoms with E-state index in [4.69, 9.17) is 20.9 Å². The SMILES string of the molecule is COc1ccc(-c2noc(C(Cl)c3ccccc3)n2)nn1. The summed E-state index contributed by atoms with van der Waals surface area (Å²) in [6.07, 6.45) is 0. The highest BCUT2D eigenvalue weighted by Gasteiger charge is 2.19. The Labute approximate surface area is 125 Å². The first-order valence-corrected chi connectivity index (χ1v) is 6.62. The molecule has 0 aliphatic carbocycles. The molecule has 1 unspecified atom stereocenters. The number of halogens is 1. The Balaban J connectivity index is 1.85. The van der Waals surface area contributed by atoms with E-state index in [-0.39, 0.29) is 0 Å². The van der Waals surface area contributed by atoms with Crippen LogP contribution in [0.25, 0.3) is 11.5 Å². The molecule has 7 heteroatoms. The van der Waals surface area contributed by atoms with Crippen LogP contribution in [0, 0.1) is 0 Å². The average Bonchev–Trinajstić information content (AvgIpc) is 3.05. The van der Waals surface area contributed by atoms with E-state index in [0.717, 1.165) is 5.56 Å². The lowest BCUT2D eigenvalue weighted by molar-refractivity contribution is 0.382. The summed E-state index contributed by atoms with van der Waals surface area (Å²) in [6.45, 7) is 0. The van der Waals surface area contributed by atoms with Crippen molar-refractivity contribution in [3.05, 3.63) is 53.9 Å². The number of hydrogen-bond donors (Lipinski definition) is 0. The van der Waals surface area contributed by atoms with Crippen molar-refractivity contribution in [1.29, 1.82) is 0 Å². The molecule has 0 amide bonds. The molecule has 2 aromatic heterocycles. The third kappa shape index (κ3) is 2.85. The summed E-state index contributed by atoms with van der Waals surface area (Å²) >= 11 is 6.33. The van der Waals surface area contributed by atoms with Crippen LogP contribution in [0.1, 0.15) is 16.8 Å². The Morgan fingerprint density at radius 1 is 1.10 bits per heavy atom. The third-order valence-corrected chi connectivity index (χ3v) is 3.27. The molecule has 106 valence electrons. The van der Waals surface area contributed by atoms with Crippen LogP contribution in [0.15, 0.2) is 47.0 Å². The van der Waals surface area contributed by atoms with Gasteiger partial charge in [-0.25, -0.2) is 0 Å². The fraction of sp³-hybridized carbons (Fsp3) is 0.143. The van der Waals surface area contributed by atoms with Crippen molar-refractivity contribution in [3.63, 3.8) is 0 Å². The Bertz CT molecular complexity index is 715. The average molecular weight is 303 g/mol.